The first-order valence-corrected chi connectivity index (χ1v) is 4.78. The maximum Gasteiger partial charge on any atom is 0.109 e. The van der Waals surface area contributed by atoms with Gasteiger partial charge < -0.3 is 0 Å². The Bertz CT molecular complexity index is 253. The number of allylic oxidation sites excluding steroid dienone is 1. The first kappa shape index (κ1) is 10.1. The summed E-state index contributed by atoms with van der Waals surface area (Å²) in [6, 6.07) is -0.0206. The summed E-state index contributed by atoms with van der Waals surface area (Å²) < 4.78 is 0. The summed E-state index contributed by atoms with van der Waals surface area (Å²) in [6.45, 7) is 7.05. The van der Waals surface area contributed by atoms with Crippen molar-refractivity contribution < 1.29 is 0 Å². The van der Waals surface area contributed by atoms with Crippen LogP contribution >= 0.6 is 0 Å². The number of aliphatic imine (C=N–C) groups is 1. The van der Waals surface area contributed by atoms with Gasteiger partial charge >= 0.3 is 0 Å². The van der Waals surface area contributed by atoms with Crippen molar-refractivity contribution in [1.82, 2.24) is 0 Å². The van der Waals surface area contributed by atoms with E-state index in [1.165, 1.54) is 5.57 Å². The lowest BCUT2D eigenvalue weighted by Crippen LogP contribution is -2.19. The Morgan fingerprint density at radius 2 is 2.46 bits per heavy atom. The molecule has 0 saturated carbocycles. The largest absolute Gasteiger partial charge is 0.287 e. The lowest BCUT2D eigenvalue weighted by Gasteiger charge is -2.20. The topological polar surface area (TPSA) is 48.6 Å². The number of hydrogen-bond acceptors (Lipinski definition) is 3. The van der Waals surface area contributed by atoms with Crippen molar-refractivity contribution in [2.75, 3.05) is 6.54 Å². The van der Waals surface area contributed by atoms with Crippen molar-refractivity contribution >= 4 is 5.71 Å². The van der Waals surface area contributed by atoms with Gasteiger partial charge in [-0.3, -0.25) is 4.99 Å². The van der Waals surface area contributed by atoms with Crippen molar-refractivity contribution in [1.29, 1.82) is 5.53 Å². The summed E-state index contributed by atoms with van der Waals surface area (Å²) in [5.74, 6) is 0.535. The third kappa shape index (κ3) is 2.23. The molecular formula is C10H17N3. The molecule has 72 valence electrons. The van der Waals surface area contributed by atoms with E-state index in [0.29, 0.717) is 12.5 Å². The summed E-state index contributed by atoms with van der Waals surface area (Å²) in [5.41, 5.74) is 9.35. The zero-order chi connectivity index (χ0) is 9.84. The van der Waals surface area contributed by atoms with E-state index in [0.717, 1.165) is 12.1 Å². The van der Waals surface area contributed by atoms with Crippen molar-refractivity contribution in [3.63, 3.8) is 0 Å². The van der Waals surface area contributed by atoms with Crippen molar-refractivity contribution in [2.45, 2.75) is 33.2 Å². The predicted molar refractivity (Wildman–Crippen MR) is 54.4 cm³/mol. The molecule has 2 atom stereocenters. The molecule has 13 heavy (non-hydrogen) atoms. The highest BCUT2D eigenvalue weighted by atomic mass is 15.0. The second kappa shape index (κ2) is 4.30. The van der Waals surface area contributed by atoms with Gasteiger partial charge in [-0.2, -0.15) is 5.11 Å². The van der Waals surface area contributed by atoms with Crippen LogP contribution in [0, 0.1) is 11.4 Å². The standard InChI is InChI=1S/C10H17N3/c1-4-7(2)10-5-9(13-11)6-12-8(10)3/h5,7,9,11H,4,6H2,1-3H3/t7-,9?/m1/s1. The van der Waals surface area contributed by atoms with Gasteiger partial charge in [0.2, 0.25) is 0 Å². The van der Waals surface area contributed by atoms with Gasteiger partial charge in [0, 0.05) is 5.71 Å². The summed E-state index contributed by atoms with van der Waals surface area (Å²) in [6.07, 6.45) is 3.20. The van der Waals surface area contributed by atoms with Gasteiger partial charge in [0.25, 0.3) is 0 Å². The van der Waals surface area contributed by atoms with Gasteiger partial charge in [-0.05, 0) is 24.8 Å². The summed E-state index contributed by atoms with van der Waals surface area (Å²) in [5, 5.41) is 3.52. The summed E-state index contributed by atoms with van der Waals surface area (Å²) >= 11 is 0. The molecule has 3 nitrogen and oxygen atoms in total. The molecule has 0 aromatic rings. The molecule has 0 bridgehead atoms. The Labute approximate surface area is 79.5 Å². The van der Waals surface area contributed by atoms with E-state index in [1.54, 1.807) is 0 Å². The highest BCUT2D eigenvalue weighted by Gasteiger charge is 2.17. The van der Waals surface area contributed by atoms with Crippen LogP contribution in [-0.4, -0.2) is 18.3 Å². The van der Waals surface area contributed by atoms with Crippen LogP contribution in [0.1, 0.15) is 27.2 Å². The quantitative estimate of drug-likeness (QED) is 0.648. The van der Waals surface area contributed by atoms with E-state index < -0.39 is 0 Å². The van der Waals surface area contributed by atoms with E-state index >= 15 is 0 Å². The van der Waals surface area contributed by atoms with E-state index in [9.17, 15) is 0 Å². The van der Waals surface area contributed by atoms with E-state index in [2.05, 4.69) is 30.0 Å². The maximum absolute atomic E-state index is 6.96. The third-order valence-electron chi connectivity index (χ3n) is 2.61. The molecule has 0 radical (unpaired) electrons. The summed E-state index contributed by atoms with van der Waals surface area (Å²) in [4.78, 5) is 4.37. The Balaban J connectivity index is 2.83. The molecule has 1 rings (SSSR count). The predicted octanol–water partition coefficient (Wildman–Crippen LogP) is 2.83. The van der Waals surface area contributed by atoms with Crippen molar-refractivity contribution in [3.8, 4) is 0 Å². The smallest absolute Gasteiger partial charge is 0.109 e. The third-order valence-corrected chi connectivity index (χ3v) is 2.61. The molecule has 0 fully saturated rings. The van der Waals surface area contributed by atoms with Crippen LogP contribution in [0.3, 0.4) is 0 Å². The molecule has 1 N–H and O–H groups in total. The number of nitrogens with one attached hydrogen (secondary N) is 1. The normalized spacial score (nSPS) is 24.7. The van der Waals surface area contributed by atoms with E-state index in [4.69, 9.17) is 5.53 Å². The van der Waals surface area contributed by atoms with Crippen LogP contribution in [-0.2, 0) is 0 Å². The average molecular weight is 179 g/mol. The minimum absolute atomic E-state index is 0.0206. The molecule has 0 amide bonds. The average Bonchev–Trinajstić information content (AvgIpc) is 2.17. The fourth-order valence-corrected chi connectivity index (χ4v) is 1.52. The SMILES string of the molecule is CC[C@@H](C)C1=CC(N=N)CN=C1C. The molecule has 1 aliphatic heterocycles. The van der Waals surface area contributed by atoms with Crippen molar-refractivity contribution in [2.24, 2.45) is 16.0 Å². The highest BCUT2D eigenvalue weighted by Crippen LogP contribution is 2.20. The number of dihydropyridines is 1. The molecule has 0 spiro atoms. The fraction of sp³-hybridized carbons (Fsp3) is 0.700. The lowest BCUT2D eigenvalue weighted by atomic mass is 9.91. The Morgan fingerprint density at radius 3 is 3.00 bits per heavy atom. The lowest BCUT2D eigenvalue weighted by molar-refractivity contribution is 0.650. The molecule has 0 aromatic heterocycles. The Hall–Kier alpha value is -0.990. The second-order valence-electron chi connectivity index (χ2n) is 3.55. The molecular weight excluding hydrogens is 162 g/mol. The first-order valence-electron chi connectivity index (χ1n) is 4.78. The first-order chi connectivity index (χ1) is 6.19. The van der Waals surface area contributed by atoms with Crippen LogP contribution in [0.2, 0.25) is 0 Å². The number of rotatable bonds is 3. The van der Waals surface area contributed by atoms with Crippen LogP contribution < -0.4 is 0 Å². The Morgan fingerprint density at radius 1 is 1.77 bits per heavy atom. The zero-order valence-electron chi connectivity index (χ0n) is 8.54. The van der Waals surface area contributed by atoms with Gasteiger partial charge in [-0.1, -0.05) is 19.9 Å². The number of hydrogen-bond donors (Lipinski definition) is 1. The Kier molecular flexibility index (Phi) is 3.34. The van der Waals surface area contributed by atoms with Crippen LogP contribution in [0.15, 0.2) is 21.8 Å². The molecule has 0 aliphatic carbocycles. The molecule has 1 heterocycles. The monoisotopic (exact) mass is 179 g/mol. The van der Waals surface area contributed by atoms with Gasteiger partial charge in [0.05, 0.1) is 6.54 Å². The maximum atomic E-state index is 6.96. The fourth-order valence-electron chi connectivity index (χ4n) is 1.52. The van der Waals surface area contributed by atoms with Gasteiger partial charge in [0.1, 0.15) is 6.04 Å². The van der Waals surface area contributed by atoms with E-state index in [1.807, 2.05) is 6.92 Å². The molecule has 0 aromatic carbocycles. The molecule has 1 aliphatic rings. The van der Waals surface area contributed by atoms with Gasteiger partial charge in [-0.25, -0.2) is 5.53 Å². The van der Waals surface area contributed by atoms with E-state index in [-0.39, 0.29) is 6.04 Å². The van der Waals surface area contributed by atoms with Gasteiger partial charge in [0.15, 0.2) is 0 Å². The summed E-state index contributed by atoms with van der Waals surface area (Å²) in [7, 11) is 0. The minimum Gasteiger partial charge on any atom is -0.287 e. The van der Waals surface area contributed by atoms with Crippen LogP contribution in [0.5, 0.6) is 0 Å². The minimum atomic E-state index is -0.0206. The molecule has 0 saturated heterocycles. The van der Waals surface area contributed by atoms with Gasteiger partial charge in [-0.15, -0.1) is 0 Å². The second-order valence-corrected chi connectivity index (χ2v) is 3.55. The zero-order valence-corrected chi connectivity index (χ0v) is 8.54. The molecule has 1 unspecified atom stereocenters. The van der Waals surface area contributed by atoms with Crippen molar-refractivity contribution in [3.05, 3.63) is 11.6 Å². The molecule has 3 heteroatoms. The van der Waals surface area contributed by atoms with Crippen LogP contribution in [0.25, 0.3) is 0 Å². The highest BCUT2D eigenvalue weighted by molar-refractivity contribution is 5.99. The number of nitrogens with zero attached hydrogens (tertiary/aromatic N) is 2. The van der Waals surface area contributed by atoms with Crippen LogP contribution in [0.4, 0.5) is 0 Å².